The highest BCUT2D eigenvalue weighted by Gasteiger charge is 2.32. The summed E-state index contributed by atoms with van der Waals surface area (Å²) in [6.07, 6.45) is 8.76. The molecular formula is C15H29N. The van der Waals surface area contributed by atoms with Crippen LogP contribution in [0.25, 0.3) is 0 Å². The molecule has 1 saturated carbocycles. The molecule has 1 aliphatic carbocycles. The summed E-state index contributed by atoms with van der Waals surface area (Å²) >= 11 is 0. The van der Waals surface area contributed by atoms with Gasteiger partial charge in [-0.05, 0) is 56.0 Å². The lowest BCUT2D eigenvalue weighted by molar-refractivity contribution is 0.108. The lowest BCUT2D eigenvalue weighted by Crippen LogP contribution is -2.40. The topological polar surface area (TPSA) is 3.24 Å². The second-order valence-electron chi connectivity index (χ2n) is 6.88. The van der Waals surface area contributed by atoms with E-state index in [0.29, 0.717) is 5.41 Å². The zero-order valence-electron chi connectivity index (χ0n) is 11.5. The van der Waals surface area contributed by atoms with Crippen molar-refractivity contribution in [1.29, 1.82) is 0 Å². The molecule has 1 heterocycles. The Morgan fingerprint density at radius 2 is 1.69 bits per heavy atom. The fourth-order valence-corrected chi connectivity index (χ4v) is 3.70. The summed E-state index contributed by atoms with van der Waals surface area (Å²) in [4.78, 5) is 2.74. The summed E-state index contributed by atoms with van der Waals surface area (Å²) < 4.78 is 0. The monoisotopic (exact) mass is 223 g/mol. The Balaban J connectivity index is 1.76. The fourth-order valence-electron chi connectivity index (χ4n) is 3.70. The Labute approximate surface area is 102 Å². The van der Waals surface area contributed by atoms with Gasteiger partial charge in [-0.3, -0.25) is 0 Å². The average molecular weight is 223 g/mol. The van der Waals surface area contributed by atoms with E-state index in [2.05, 4.69) is 25.7 Å². The largest absolute Gasteiger partial charge is 0.303 e. The minimum atomic E-state index is 0.657. The van der Waals surface area contributed by atoms with Crippen molar-refractivity contribution in [2.75, 3.05) is 19.6 Å². The van der Waals surface area contributed by atoms with Gasteiger partial charge in [0.05, 0.1) is 0 Å². The van der Waals surface area contributed by atoms with E-state index >= 15 is 0 Å². The van der Waals surface area contributed by atoms with E-state index in [4.69, 9.17) is 0 Å². The van der Waals surface area contributed by atoms with Crippen molar-refractivity contribution < 1.29 is 0 Å². The van der Waals surface area contributed by atoms with Crippen molar-refractivity contribution in [3.05, 3.63) is 0 Å². The quantitative estimate of drug-likeness (QED) is 0.700. The van der Waals surface area contributed by atoms with Crippen LogP contribution in [0.1, 0.15) is 59.3 Å². The predicted molar refractivity (Wildman–Crippen MR) is 70.6 cm³/mol. The predicted octanol–water partition coefficient (Wildman–Crippen LogP) is 3.93. The zero-order chi connectivity index (χ0) is 11.6. The van der Waals surface area contributed by atoms with Crippen LogP contribution in [0.4, 0.5) is 0 Å². The van der Waals surface area contributed by atoms with Crippen molar-refractivity contribution >= 4 is 0 Å². The molecule has 0 radical (unpaired) electrons. The second-order valence-corrected chi connectivity index (χ2v) is 6.88. The molecule has 0 aromatic heterocycles. The van der Waals surface area contributed by atoms with Gasteiger partial charge < -0.3 is 4.90 Å². The first-order valence-electron chi connectivity index (χ1n) is 7.31. The standard InChI is InChI=1S/C15H29N/c1-13(2)14-6-10-16(11-7-14)12-15(3)8-4-5-9-15/h13-14H,4-12H2,1-3H3. The fraction of sp³-hybridized carbons (Fsp3) is 1.00. The first kappa shape index (κ1) is 12.4. The third-order valence-corrected chi connectivity index (χ3v) is 4.99. The molecule has 1 heteroatoms. The minimum absolute atomic E-state index is 0.657. The van der Waals surface area contributed by atoms with Crippen molar-refractivity contribution in [2.45, 2.75) is 59.3 Å². The lowest BCUT2D eigenvalue weighted by atomic mass is 9.84. The molecule has 1 nitrogen and oxygen atoms in total. The maximum atomic E-state index is 2.74. The first-order chi connectivity index (χ1) is 7.59. The van der Waals surface area contributed by atoms with Crippen molar-refractivity contribution in [1.82, 2.24) is 4.90 Å². The molecule has 2 rings (SSSR count). The molecule has 2 fully saturated rings. The second kappa shape index (κ2) is 5.08. The zero-order valence-corrected chi connectivity index (χ0v) is 11.5. The SMILES string of the molecule is CC(C)C1CCN(CC2(C)CCCC2)CC1. The summed E-state index contributed by atoms with van der Waals surface area (Å²) in [7, 11) is 0. The molecule has 94 valence electrons. The summed E-state index contributed by atoms with van der Waals surface area (Å²) in [5.41, 5.74) is 0.657. The number of nitrogens with zero attached hydrogens (tertiary/aromatic N) is 1. The van der Waals surface area contributed by atoms with E-state index in [0.717, 1.165) is 11.8 Å². The molecule has 0 aromatic rings. The van der Waals surface area contributed by atoms with Gasteiger partial charge in [-0.1, -0.05) is 33.6 Å². The molecule has 0 bridgehead atoms. The third kappa shape index (κ3) is 3.00. The van der Waals surface area contributed by atoms with Crippen LogP contribution in [-0.4, -0.2) is 24.5 Å². The highest BCUT2D eigenvalue weighted by Crippen LogP contribution is 2.39. The number of likely N-dealkylation sites (tertiary alicyclic amines) is 1. The maximum absolute atomic E-state index is 2.74. The van der Waals surface area contributed by atoms with Crippen molar-refractivity contribution in [2.24, 2.45) is 17.3 Å². The van der Waals surface area contributed by atoms with Crippen LogP contribution in [0.3, 0.4) is 0 Å². The molecule has 16 heavy (non-hydrogen) atoms. The van der Waals surface area contributed by atoms with Crippen LogP contribution in [0.5, 0.6) is 0 Å². The number of hydrogen-bond acceptors (Lipinski definition) is 1. The Kier molecular flexibility index (Phi) is 3.94. The van der Waals surface area contributed by atoms with Crippen LogP contribution in [0.15, 0.2) is 0 Å². The number of rotatable bonds is 3. The maximum Gasteiger partial charge on any atom is 0.00353 e. The first-order valence-corrected chi connectivity index (χ1v) is 7.31. The van der Waals surface area contributed by atoms with Crippen LogP contribution >= 0.6 is 0 Å². The molecule has 0 atom stereocenters. The van der Waals surface area contributed by atoms with Gasteiger partial charge in [0.1, 0.15) is 0 Å². The van der Waals surface area contributed by atoms with E-state index in [1.54, 1.807) is 0 Å². The summed E-state index contributed by atoms with van der Waals surface area (Å²) in [5, 5.41) is 0. The average Bonchev–Trinajstić information content (AvgIpc) is 2.65. The third-order valence-electron chi connectivity index (χ3n) is 4.99. The molecule has 0 amide bonds. The van der Waals surface area contributed by atoms with E-state index in [9.17, 15) is 0 Å². The van der Waals surface area contributed by atoms with Crippen LogP contribution in [-0.2, 0) is 0 Å². The van der Waals surface area contributed by atoms with Gasteiger partial charge in [-0.25, -0.2) is 0 Å². The van der Waals surface area contributed by atoms with Gasteiger partial charge in [-0.15, -0.1) is 0 Å². The lowest BCUT2D eigenvalue weighted by Gasteiger charge is -2.38. The van der Waals surface area contributed by atoms with Crippen LogP contribution in [0.2, 0.25) is 0 Å². The molecule has 1 saturated heterocycles. The smallest absolute Gasteiger partial charge is 0.00353 e. The van der Waals surface area contributed by atoms with Crippen LogP contribution < -0.4 is 0 Å². The number of piperidine rings is 1. The van der Waals surface area contributed by atoms with Gasteiger partial charge >= 0.3 is 0 Å². The van der Waals surface area contributed by atoms with Gasteiger partial charge in [-0.2, -0.15) is 0 Å². The van der Waals surface area contributed by atoms with E-state index in [-0.39, 0.29) is 0 Å². The Hall–Kier alpha value is -0.0400. The molecule has 0 aromatic carbocycles. The minimum Gasteiger partial charge on any atom is -0.303 e. The molecular weight excluding hydrogens is 194 g/mol. The van der Waals surface area contributed by atoms with Gasteiger partial charge in [0.15, 0.2) is 0 Å². The summed E-state index contributed by atoms with van der Waals surface area (Å²) in [6.45, 7) is 11.4. The van der Waals surface area contributed by atoms with Gasteiger partial charge in [0.2, 0.25) is 0 Å². The molecule has 0 unspecified atom stereocenters. The molecule has 1 aliphatic heterocycles. The summed E-state index contributed by atoms with van der Waals surface area (Å²) in [5.74, 6) is 1.89. The Morgan fingerprint density at radius 1 is 1.12 bits per heavy atom. The summed E-state index contributed by atoms with van der Waals surface area (Å²) in [6, 6.07) is 0. The molecule has 0 spiro atoms. The Morgan fingerprint density at radius 3 is 2.19 bits per heavy atom. The van der Waals surface area contributed by atoms with Crippen molar-refractivity contribution in [3.63, 3.8) is 0 Å². The normalized spacial score (nSPS) is 27.8. The highest BCUT2D eigenvalue weighted by atomic mass is 15.1. The molecule has 2 aliphatic rings. The molecule has 0 N–H and O–H groups in total. The van der Waals surface area contributed by atoms with E-state index in [1.165, 1.54) is 58.2 Å². The van der Waals surface area contributed by atoms with E-state index in [1.807, 2.05) is 0 Å². The van der Waals surface area contributed by atoms with Gasteiger partial charge in [0, 0.05) is 6.54 Å². The van der Waals surface area contributed by atoms with Crippen molar-refractivity contribution in [3.8, 4) is 0 Å². The van der Waals surface area contributed by atoms with E-state index < -0.39 is 0 Å². The van der Waals surface area contributed by atoms with Crippen LogP contribution in [0, 0.1) is 17.3 Å². The van der Waals surface area contributed by atoms with Gasteiger partial charge in [0.25, 0.3) is 0 Å². The highest BCUT2D eigenvalue weighted by molar-refractivity contribution is 4.85. The number of hydrogen-bond donors (Lipinski definition) is 0. The Bertz CT molecular complexity index is 207.